The smallest absolute Gasteiger partial charge is 0.137 e. The number of halogens is 1. The zero-order valence-electron chi connectivity index (χ0n) is 11.7. The normalized spacial score (nSPS) is 15.8. The molecule has 0 bridgehead atoms. The van der Waals surface area contributed by atoms with E-state index in [1.54, 1.807) is 0 Å². The minimum Gasteiger partial charge on any atom is -0.492 e. The van der Waals surface area contributed by atoms with Crippen LogP contribution in [0.25, 0.3) is 0 Å². The third-order valence-electron chi connectivity index (χ3n) is 3.83. The highest BCUT2D eigenvalue weighted by molar-refractivity contribution is 6.32. The fourth-order valence-electron chi connectivity index (χ4n) is 2.70. The van der Waals surface area contributed by atoms with Gasteiger partial charge in [-0.15, -0.1) is 0 Å². The van der Waals surface area contributed by atoms with Gasteiger partial charge in [-0.05, 0) is 37.8 Å². The van der Waals surface area contributed by atoms with E-state index in [4.69, 9.17) is 16.3 Å². The summed E-state index contributed by atoms with van der Waals surface area (Å²) in [5, 5.41) is 0.708. The van der Waals surface area contributed by atoms with Crippen molar-refractivity contribution in [3.63, 3.8) is 0 Å². The van der Waals surface area contributed by atoms with E-state index in [0.717, 1.165) is 18.8 Å². The van der Waals surface area contributed by atoms with Crippen LogP contribution in [0, 0.1) is 0 Å². The molecule has 0 atom stereocenters. The van der Waals surface area contributed by atoms with Crippen LogP contribution in [0.4, 0.5) is 0 Å². The second-order valence-corrected chi connectivity index (χ2v) is 5.81. The number of quaternary nitrogens is 1. The maximum atomic E-state index is 6.03. The zero-order chi connectivity index (χ0) is 13.3. The second-order valence-electron chi connectivity index (χ2n) is 5.40. The van der Waals surface area contributed by atoms with Gasteiger partial charge in [-0.3, -0.25) is 0 Å². The Morgan fingerprint density at radius 2 is 1.74 bits per heavy atom. The summed E-state index contributed by atoms with van der Waals surface area (Å²) in [4.78, 5) is 1.81. The lowest BCUT2D eigenvalue weighted by Crippen LogP contribution is -3.09. The Bertz CT molecular complexity index is 364. The van der Waals surface area contributed by atoms with E-state index in [9.17, 15) is 0 Å². The quantitative estimate of drug-likeness (QED) is 0.724. The van der Waals surface area contributed by atoms with Crippen LogP contribution >= 0.6 is 11.6 Å². The predicted octanol–water partition coefficient (Wildman–Crippen LogP) is 2.96. The van der Waals surface area contributed by atoms with Crippen molar-refractivity contribution in [1.82, 2.24) is 0 Å². The number of hydrogen-bond donors (Lipinski definition) is 1. The number of para-hydroxylation sites is 1. The predicted molar refractivity (Wildman–Crippen MR) is 80.2 cm³/mol. The average molecular weight is 283 g/mol. The van der Waals surface area contributed by atoms with E-state index < -0.39 is 0 Å². The van der Waals surface area contributed by atoms with Crippen LogP contribution in [0.15, 0.2) is 24.3 Å². The third kappa shape index (κ3) is 5.42. The van der Waals surface area contributed by atoms with E-state index in [2.05, 4.69) is 0 Å². The molecule has 2 rings (SSSR count). The van der Waals surface area contributed by atoms with E-state index >= 15 is 0 Å². The van der Waals surface area contributed by atoms with E-state index in [-0.39, 0.29) is 0 Å². The lowest BCUT2D eigenvalue weighted by Gasteiger charge is -2.11. The largest absolute Gasteiger partial charge is 0.492 e. The highest BCUT2D eigenvalue weighted by Crippen LogP contribution is 2.23. The number of unbranched alkanes of at least 4 members (excludes halogenated alkanes) is 3. The Morgan fingerprint density at radius 3 is 2.53 bits per heavy atom. The molecule has 1 saturated heterocycles. The fourth-order valence-corrected chi connectivity index (χ4v) is 2.89. The molecule has 1 aromatic rings. The fraction of sp³-hybridized carbons (Fsp3) is 0.625. The van der Waals surface area contributed by atoms with Gasteiger partial charge < -0.3 is 9.64 Å². The van der Waals surface area contributed by atoms with Crippen LogP contribution in [0.3, 0.4) is 0 Å². The number of rotatable bonds is 8. The molecule has 0 saturated carbocycles. The summed E-state index contributed by atoms with van der Waals surface area (Å²) < 4.78 is 5.68. The molecule has 0 amide bonds. The van der Waals surface area contributed by atoms with E-state index in [1.165, 1.54) is 51.7 Å². The first-order valence-corrected chi connectivity index (χ1v) is 7.95. The van der Waals surface area contributed by atoms with Gasteiger partial charge in [0.1, 0.15) is 5.75 Å². The van der Waals surface area contributed by atoms with Crippen molar-refractivity contribution in [2.45, 2.75) is 38.5 Å². The van der Waals surface area contributed by atoms with Crippen molar-refractivity contribution in [3.8, 4) is 5.75 Å². The van der Waals surface area contributed by atoms with E-state index in [0.29, 0.717) is 5.02 Å². The van der Waals surface area contributed by atoms with Crippen LogP contribution < -0.4 is 9.64 Å². The SMILES string of the molecule is Clc1ccccc1OCCCCCC[NH+]1CCCC1. The molecular weight excluding hydrogens is 258 g/mol. The Balaban J connectivity index is 1.47. The Morgan fingerprint density at radius 1 is 1.00 bits per heavy atom. The van der Waals surface area contributed by atoms with Crippen molar-refractivity contribution in [3.05, 3.63) is 29.3 Å². The van der Waals surface area contributed by atoms with Crippen molar-refractivity contribution in [2.75, 3.05) is 26.2 Å². The minimum absolute atomic E-state index is 0.708. The summed E-state index contributed by atoms with van der Waals surface area (Å²) in [5.41, 5.74) is 0. The van der Waals surface area contributed by atoms with Crippen molar-refractivity contribution in [1.29, 1.82) is 0 Å². The number of hydrogen-bond acceptors (Lipinski definition) is 1. The molecule has 0 aliphatic carbocycles. The van der Waals surface area contributed by atoms with Crippen molar-refractivity contribution < 1.29 is 9.64 Å². The van der Waals surface area contributed by atoms with Gasteiger partial charge in [0.15, 0.2) is 0 Å². The van der Waals surface area contributed by atoms with Crippen LogP contribution in [0.1, 0.15) is 38.5 Å². The summed E-state index contributed by atoms with van der Waals surface area (Å²) >= 11 is 6.03. The van der Waals surface area contributed by atoms with Crippen LogP contribution in [-0.2, 0) is 0 Å². The van der Waals surface area contributed by atoms with Gasteiger partial charge in [0.25, 0.3) is 0 Å². The molecule has 1 aliphatic rings. The first-order chi connectivity index (χ1) is 9.36. The average Bonchev–Trinajstić information content (AvgIpc) is 2.93. The Labute approximate surface area is 121 Å². The molecule has 2 nitrogen and oxygen atoms in total. The first-order valence-electron chi connectivity index (χ1n) is 7.57. The lowest BCUT2D eigenvalue weighted by atomic mass is 10.2. The molecule has 1 aromatic carbocycles. The van der Waals surface area contributed by atoms with Crippen LogP contribution in [-0.4, -0.2) is 26.2 Å². The molecule has 1 aliphatic heterocycles. The first kappa shape index (κ1) is 14.7. The topological polar surface area (TPSA) is 13.7 Å². The molecule has 1 fully saturated rings. The van der Waals surface area contributed by atoms with Gasteiger partial charge in [0, 0.05) is 12.8 Å². The summed E-state index contributed by atoms with van der Waals surface area (Å²) in [7, 11) is 0. The zero-order valence-corrected chi connectivity index (χ0v) is 12.4. The molecule has 1 heterocycles. The summed E-state index contributed by atoms with van der Waals surface area (Å²) in [6.45, 7) is 4.94. The van der Waals surface area contributed by atoms with Crippen molar-refractivity contribution >= 4 is 11.6 Å². The standard InChI is InChI=1S/C16H24ClNO/c17-15-9-3-4-10-16(15)19-14-8-2-1-5-11-18-12-6-7-13-18/h3-4,9-10H,1-2,5-8,11-14H2/p+1. The second kappa shape index (κ2) is 8.44. The molecular formula is C16H25ClNO+. The maximum Gasteiger partial charge on any atom is 0.137 e. The highest BCUT2D eigenvalue weighted by atomic mass is 35.5. The van der Waals surface area contributed by atoms with Crippen molar-refractivity contribution in [2.24, 2.45) is 0 Å². The molecule has 3 heteroatoms. The Hall–Kier alpha value is -0.730. The van der Waals surface area contributed by atoms with Gasteiger partial charge in [0.2, 0.25) is 0 Å². The highest BCUT2D eigenvalue weighted by Gasteiger charge is 2.13. The van der Waals surface area contributed by atoms with Gasteiger partial charge in [-0.2, -0.15) is 0 Å². The lowest BCUT2D eigenvalue weighted by molar-refractivity contribution is -0.887. The number of benzene rings is 1. The third-order valence-corrected chi connectivity index (χ3v) is 4.14. The minimum atomic E-state index is 0.708. The molecule has 0 unspecified atom stereocenters. The molecule has 0 spiro atoms. The van der Waals surface area contributed by atoms with Gasteiger partial charge in [-0.25, -0.2) is 0 Å². The molecule has 1 N–H and O–H groups in total. The molecule has 0 aromatic heterocycles. The van der Waals surface area contributed by atoms with Gasteiger partial charge in [0.05, 0.1) is 31.3 Å². The van der Waals surface area contributed by atoms with Gasteiger partial charge >= 0.3 is 0 Å². The molecule has 106 valence electrons. The maximum absolute atomic E-state index is 6.03. The summed E-state index contributed by atoms with van der Waals surface area (Å²) in [6, 6.07) is 7.69. The molecule has 19 heavy (non-hydrogen) atoms. The van der Waals surface area contributed by atoms with Gasteiger partial charge in [-0.1, -0.05) is 23.7 Å². The van der Waals surface area contributed by atoms with Crippen LogP contribution in [0.2, 0.25) is 5.02 Å². The Kier molecular flexibility index (Phi) is 6.52. The number of likely N-dealkylation sites (tertiary alicyclic amines) is 1. The number of ether oxygens (including phenoxy) is 1. The molecule has 0 radical (unpaired) electrons. The summed E-state index contributed by atoms with van der Waals surface area (Å²) in [5.74, 6) is 0.811. The number of nitrogens with one attached hydrogen (secondary N) is 1. The summed E-state index contributed by atoms with van der Waals surface area (Å²) in [6.07, 6.45) is 7.94. The van der Waals surface area contributed by atoms with E-state index in [1.807, 2.05) is 29.2 Å². The van der Waals surface area contributed by atoms with Crippen LogP contribution in [0.5, 0.6) is 5.75 Å². The monoisotopic (exact) mass is 282 g/mol.